The van der Waals surface area contributed by atoms with E-state index in [1.54, 1.807) is 7.11 Å². The van der Waals surface area contributed by atoms with Crippen molar-refractivity contribution in [1.29, 1.82) is 0 Å². The summed E-state index contributed by atoms with van der Waals surface area (Å²) in [5, 5.41) is 7.18. The van der Waals surface area contributed by atoms with E-state index in [-0.39, 0.29) is 0 Å². The van der Waals surface area contributed by atoms with Gasteiger partial charge in [-0.2, -0.15) is 0 Å². The molecular formula is C18H22N2O. The molecule has 1 unspecified atom stereocenters. The van der Waals surface area contributed by atoms with Crippen LogP contribution >= 0.6 is 0 Å². The van der Waals surface area contributed by atoms with Gasteiger partial charge in [0.25, 0.3) is 0 Å². The van der Waals surface area contributed by atoms with E-state index < -0.39 is 0 Å². The monoisotopic (exact) mass is 282 g/mol. The minimum Gasteiger partial charge on any atom is -0.497 e. The van der Waals surface area contributed by atoms with Gasteiger partial charge in [-0.05, 0) is 41.8 Å². The molecule has 0 bridgehead atoms. The van der Waals surface area contributed by atoms with Gasteiger partial charge in [0.15, 0.2) is 0 Å². The second kappa shape index (κ2) is 6.74. The third-order valence-electron chi connectivity index (χ3n) is 4.04. The summed E-state index contributed by atoms with van der Waals surface area (Å²) >= 11 is 0. The van der Waals surface area contributed by atoms with Gasteiger partial charge in [-0.15, -0.1) is 0 Å². The average Bonchev–Trinajstić information content (AvgIpc) is 2.75. The van der Waals surface area contributed by atoms with Gasteiger partial charge in [0, 0.05) is 19.1 Å². The van der Waals surface area contributed by atoms with Crippen molar-refractivity contribution in [1.82, 2.24) is 10.6 Å². The molecule has 21 heavy (non-hydrogen) atoms. The standard InChI is InChI=1S/C18H22N2O/c1-21-16-7-4-5-14(11-16)12-20-18-9-10-19-13-15-6-2-3-8-17(15)18/h2-8,11,18-20H,9-10,12-13H2,1H3. The summed E-state index contributed by atoms with van der Waals surface area (Å²) in [5.41, 5.74) is 4.08. The molecule has 2 aromatic rings. The number of hydrogen-bond acceptors (Lipinski definition) is 3. The topological polar surface area (TPSA) is 33.3 Å². The molecule has 1 atom stereocenters. The van der Waals surface area contributed by atoms with Crippen molar-refractivity contribution in [2.75, 3.05) is 13.7 Å². The second-order valence-electron chi connectivity index (χ2n) is 5.45. The molecule has 2 N–H and O–H groups in total. The van der Waals surface area contributed by atoms with Crippen LogP contribution in [0.1, 0.15) is 29.2 Å². The van der Waals surface area contributed by atoms with E-state index in [1.165, 1.54) is 16.7 Å². The molecule has 1 aliphatic rings. The van der Waals surface area contributed by atoms with Crippen LogP contribution < -0.4 is 15.4 Å². The van der Waals surface area contributed by atoms with Crippen molar-refractivity contribution in [3.63, 3.8) is 0 Å². The summed E-state index contributed by atoms with van der Waals surface area (Å²) in [6.45, 7) is 2.87. The highest BCUT2D eigenvalue weighted by Gasteiger charge is 2.17. The van der Waals surface area contributed by atoms with Crippen LogP contribution in [0.4, 0.5) is 0 Å². The molecule has 1 heterocycles. The molecule has 110 valence electrons. The second-order valence-corrected chi connectivity index (χ2v) is 5.45. The van der Waals surface area contributed by atoms with Gasteiger partial charge in [-0.1, -0.05) is 36.4 Å². The van der Waals surface area contributed by atoms with E-state index in [0.29, 0.717) is 6.04 Å². The van der Waals surface area contributed by atoms with E-state index in [1.807, 2.05) is 12.1 Å². The van der Waals surface area contributed by atoms with Crippen LogP contribution in [0.5, 0.6) is 5.75 Å². The predicted octanol–water partition coefficient (Wildman–Crippen LogP) is 3.02. The molecule has 3 heteroatoms. The Morgan fingerprint density at radius 2 is 2.10 bits per heavy atom. The molecule has 0 fully saturated rings. The third-order valence-corrected chi connectivity index (χ3v) is 4.04. The van der Waals surface area contributed by atoms with Crippen LogP contribution in [-0.4, -0.2) is 13.7 Å². The van der Waals surface area contributed by atoms with Gasteiger partial charge in [-0.25, -0.2) is 0 Å². The van der Waals surface area contributed by atoms with E-state index in [2.05, 4.69) is 47.0 Å². The molecule has 3 nitrogen and oxygen atoms in total. The number of rotatable bonds is 4. The Morgan fingerprint density at radius 1 is 1.19 bits per heavy atom. The minimum atomic E-state index is 0.405. The van der Waals surface area contributed by atoms with Crippen LogP contribution in [-0.2, 0) is 13.1 Å². The Labute approximate surface area is 126 Å². The highest BCUT2D eigenvalue weighted by molar-refractivity contribution is 5.32. The van der Waals surface area contributed by atoms with Crippen molar-refractivity contribution in [2.45, 2.75) is 25.6 Å². The zero-order chi connectivity index (χ0) is 14.5. The molecule has 0 radical (unpaired) electrons. The normalized spacial score (nSPS) is 17.9. The van der Waals surface area contributed by atoms with E-state index in [0.717, 1.165) is 31.8 Å². The van der Waals surface area contributed by atoms with Gasteiger partial charge in [0.05, 0.1) is 7.11 Å². The lowest BCUT2D eigenvalue weighted by molar-refractivity contribution is 0.413. The maximum atomic E-state index is 5.29. The van der Waals surface area contributed by atoms with E-state index in [9.17, 15) is 0 Å². The van der Waals surface area contributed by atoms with Crippen molar-refractivity contribution in [3.05, 3.63) is 65.2 Å². The minimum absolute atomic E-state index is 0.405. The Kier molecular flexibility index (Phi) is 4.53. The smallest absolute Gasteiger partial charge is 0.119 e. The Balaban J connectivity index is 1.72. The van der Waals surface area contributed by atoms with Crippen molar-refractivity contribution < 1.29 is 4.74 Å². The fourth-order valence-electron chi connectivity index (χ4n) is 2.90. The SMILES string of the molecule is COc1cccc(CNC2CCNCc3ccccc32)c1. The Morgan fingerprint density at radius 3 is 3.00 bits per heavy atom. The van der Waals surface area contributed by atoms with Crippen LogP contribution in [0.3, 0.4) is 0 Å². The highest BCUT2D eigenvalue weighted by atomic mass is 16.5. The van der Waals surface area contributed by atoms with Gasteiger partial charge >= 0.3 is 0 Å². The maximum absolute atomic E-state index is 5.29. The summed E-state index contributed by atoms with van der Waals surface area (Å²) in [6, 6.07) is 17.4. The van der Waals surface area contributed by atoms with Crippen molar-refractivity contribution >= 4 is 0 Å². The number of nitrogens with one attached hydrogen (secondary N) is 2. The van der Waals surface area contributed by atoms with Gasteiger partial charge in [0.1, 0.15) is 5.75 Å². The zero-order valence-electron chi connectivity index (χ0n) is 12.4. The van der Waals surface area contributed by atoms with Gasteiger partial charge in [-0.3, -0.25) is 0 Å². The quantitative estimate of drug-likeness (QED) is 0.904. The van der Waals surface area contributed by atoms with Gasteiger partial charge in [0.2, 0.25) is 0 Å². The largest absolute Gasteiger partial charge is 0.497 e. The first-order valence-corrected chi connectivity index (χ1v) is 7.51. The summed E-state index contributed by atoms with van der Waals surface area (Å²) in [7, 11) is 1.71. The third kappa shape index (κ3) is 3.43. The van der Waals surface area contributed by atoms with Crippen LogP contribution in [0.25, 0.3) is 0 Å². The molecular weight excluding hydrogens is 260 g/mol. The van der Waals surface area contributed by atoms with E-state index in [4.69, 9.17) is 4.74 Å². The number of hydrogen-bond donors (Lipinski definition) is 2. The zero-order valence-corrected chi connectivity index (χ0v) is 12.4. The number of ether oxygens (including phenoxy) is 1. The molecule has 3 rings (SSSR count). The lowest BCUT2D eigenvalue weighted by Gasteiger charge is -2.19. The van der Waals surface area contributed by atoms with Crippen LogP contribution in [0.2, 0.25) is 0 Å². The van der Waals surface area contributed by atoms with E-state index >= 15 is 0 Å². The van der Waals surface area contributed by atoms with Gasteiger partial charge < -0.3 is 15.4 Å². The average molecular weight is 282 g/mol. The summed E-state index contributed by atoms with van der Waals surface area (Å²) in [6.07, 6.45) is 1.11. The fraction of sp³-hybridized carbons (Fsp3) is 0.333. The van der Waals surface area contributed by atoms with Crippen LogP contribution in [0.15, 0.2) is 48.5 Å². The summed E-state index contributed by atoms with van der Waals surface area (Å²) in [4.78, 5) is 0. The lowest BCUT2D eigenvalue weighted by atomic mass is 9.99. The summed E-state index contributed by atoms with van der Waals surface area (Å²) < 4.78 is 5.29. The Bertz CT molecular complexity index is 597. The van der Waals surface area contributed by atoms with Crippen molar-refractivity contribution in [2.24, 2.45) is 0 Å². The number of fused-ring (bicyclic) bond motifs is 1. The lowest BCUT2D eigenvalue weighted by Crippen LogP contribution is -2.22. The first-order chi connectivity index (χ1) is 10.4. The first-order valence-electron chi connectivity index (χ1n) is 7.51. The molecule has 0 aliphatic carbocycles. The van der Waals surface area contributed by atoms with Crippen molar-refractivity contribution in [3.8, 4) is 5.75 Å². The molecule has 0 aromatic heterocycles. The maximum Gasteiger partial charge on any atom is 0.119 e. The number of benzene rings is 2. The molecule has 0 amide bonds. The molecule has 0 saturated carbocycles. The number of methoxy groups -OCH3 is 1. The predicted molar refractivity (Wildman–Crippen MR) is 85.3 cm³/mol. The highest BCUT2D eigenvalue weighted by Crippen LogP contribution is 2.24. The molecule has 0 spiro atoms. The first kappa shape index (κ1) is 14.1. The van der Waals surface area contributed by atoms with Crippen LogP contribution in [0, 0.1) is 0 Å². The Hall–Kier alpha value is -1.84. The molecule has 2 aromatic carbocycles. The summed E-state index contributed by atoms with van der Waals surface area (Å²) in [5.74, 6) is 0.914. The fourth-order valence-corrected chi connectivity index (χ4v) is 2.90. The molecule has 1 aliphatic heterocycles. The molecule has 0 saturated heterocycles.